The molecule has 2 atom stereocenters. The third-order valence-corrected chi connectivity index (χ3v) is 5.65. The van der Waals surface area contributed by atoms with E-state index >= 15 is 0 Å². The second kappa shape index (κ2) is 4.64. The Morgan fingerprint density at radius 1 is 1.20 bits per heavy atom. The molecule has 2 fully saturated rings. The maximum atomic E-state index is 6.32. The minimum Gasteiger partial charge on any atom is -0.381 e. The number of hydrogen-bond acceptors (Lipinski definition) is 3. The lowest BCUT2D eigenvalue weighted by molar-refractivity contribution is 0.0999. The highest BCUT2D eigenvalue weighted by Gasteiger charge is 2.40. The first-order chi connectivity index (χ1) is 7.09. The maximum absolute atomic E-state index is 6.32. The molecule has 2 rings (SSSR count). The molecule has 0 aromatic rings. The Hall–Kier alpha value is 0.270. The van der Waals surface area contributed by atoms with E-state index in [0.717, 1.165) is 18.5 Å². The van der Waals surface area contributed by atoms with Gasteiger partial charge in [-0.1, -0.05) is 13.8 Å². The molecule has 1 aliphatic heterocycles. The normalized spacial score (nSPS) is 37.0. The predicted molar refractivity (Wildman–Crippen MR) is 66.2 cm³/mol. The molecule has 1 saturated heterocycles. The standard InChI is InChI=1S/C12H23NOS/c1-12(2)6-3-10(11(12)13)15-9-4-7-14-8-5-9/h9-11H,3-8,13H2,1-2H3. The summed E-state index contributed by atoms with van der Waals surface area (Å²) in [7, 11) is 0. The van der Waals surface area contributed by atoms with Gasteiger partial charge in [-0.25, -0.2) is 0 Å². The van der Waals surface area contributed by atoms with Crippen molar-refractivity contribution in [1.82, 2.24) is 0 Å². The summed E-state index contributed by atoms with van der Waals surface area (Å²) in [6.45, 7) is 6.51. The number of hydrogen-bond donors (Lipinski definition) is 1. The number of nitrogens with two attached hydrogens (primary N) is 1. The van der Waals surface area contributed by atoms with Crippen LogP contribution in [0.4, 0.5) is 0 Å². The van der Waals surface area contributed by atoms with Gasteiger partial charge in [0, 0.05) is 29.8 Å². The lowest BCUT2D eigenvalue weighted by atomic mass is 9.88. The molecule has 0 spiro atoms. The molecule has 2 aliphatic rings. The summed E-state index contributed by atoms with van der Waals surface area (Å²) in [5.41, 5.74) is 6.67. The second-order valence-electron chi connectivity index (χ2n) is 5.54. The zero-order chi connectivity index (χ0) is 10.9. The molecule has 0 aromatic carbocycles. The average Bonchev–Trinajstić information content (AvgIpc) is 2.47. The first-order valence-electron chi connectivity index (χ1n) is 6.08. The molecule has 1 aliphatic carbocycles. The Kier molecular flexibility index (Phi) is 3.63. The topological polar surface area (TPSA) is 35.2 Å². The van der Waals surface area contributed by atoms with Crippen LogP contribution in [0, 0.1) is 5.41 Å². The van der Waals surface area contributed by atoms with Gasteiger partial charge in [0.2, 0.25) is 0 Å². The van der Waals surface area contributed by atoms with Crippen molar-refractivity contribution in [3.63, 3.8) is 0 Å². The maximum Gasteiger partial charge on any atom is 0.0476 e. The molecule has 15 heavy (non-hydrogen) atoms. The van der Waals surface area contributed by atoms with E-state index in [2.05, 4.69) is 25.6 Å². The number of thioether (sulfide) groups is 1. The van der Waals surface area contributed by atoms with E-state index in [9.17, 15) is 0 Å². The molecule has 3 heteroatoms. The summed E-state index contributed by atoms with van der Waals surface area (Å²) in [6, 6.07) is 0.380. The minimum atomic E-state index is 0.350. The Labute approximate surface area is 97.3 Å². The summed E-state index contributed by atoms with van der Waals surface area (Å²) >= 11 is 2.13. The van der Waals surface area contributed by atoms with Crippen molar-refractivity contribution in [2.75, 3.05) is 13.2 Å². The van der Waals surface area contributed by atoms with Crippen molar-refractivity contribution in [1.29, 1.82) is 0 Å². The Morgan fingerprint density at radius 2 is 1.87 bits per heavy atom. The summed E-state index contributed by atoms with van der Waals surface area (Å²) in [5, 5.41) is 1.48. The van der Waals surface area contributed by atoms with Crippen LogP contribution in [0.5, 0.6) is 0 Å². The van der Waals surface area contributed by atoms with E-state index in [-0.39, 0.29) is 0 Å². The van der Waals surface area contributed by atoms with Gasteiger partial charge in [-0.05, 0) is 31.1 Å². The predicted octanol–water partition coefficient (Wildman–Crippen LogP) is 2.41. The van der Waals surface area contributed by atoms with E-state index in [0.29, 0.717) is 16.7 Å². The third-order valence-electron chi connectivity index (χ3n) is 3.91. The Morgan fingerprint density at radius 3 is 2.40 bits per heavy atom. The van der Waals surface area contributed by atoms with Gasteiger partial charge >= 0.3 is 0 Å². The molecule has 0 aromatic heterocycles. The van der Waals surface area contributed by atoms with Gasteiger partial charge in [0.05, 0.1) is 0 Å². The molecule has 2 N–H and O–H groups in total. The smallest absolute Gasteiger partial charge is 0.0476 e. The lowest BCUT2D eigenvalue weighted by Crippen LogP contribution is -2.39. The minimum absolute atomic E-state index is 0.350. The highest BCUT2D eigenvalue weighted by atomic mass is 32.2. The van der Waals surface area contributed by atoms with Crippen molar-refractivity contribution < 1.29 is 4.74 Å². The van der Waals surface area contributed by atoms with Gasteiger partial charge < -0.3 is 10.5 Å². The van der Waals surface area contributed by atoms with Crippen molar-refractivity contribution in [3.05, 3.63) is 0 Å². The van der Waals surface area contributed by atoms with Gasteiger partial charge in [-0.15, -0.1) is 0 Å². The zero-order valence-electron chi connectivity index (χ0n) is 9.87. The number of ether oxygens (including phenoxy) is 1. The first kappa shape index (κ1) is 11.7. The summed E-state index contributed by atoms with van der Waals surface area (Å²) in [6.07, 6.45) is 5.02. The molecule has 2 unspecified atom stereocenters. The van der Waals surface area contributed by atoms with Crippen LogP contribution in [0.25, 0.3) is 0 Å². The number of rotatable bonds is 2. The summed E-state index contributed by atoms with van der Waals surface area (Å²) in [5.74, 6) is 0. The fraction of sp³-hybridized carbons (Fsp3) is 1.00. The van der Waals surface area contributed by atoms with Crippen LogP contribution in [0.3, 0.4) is 0 Å². The van der Waals surface area contributed by atoms with E-state index in [1.807, 2.05) is 0 Å². The van der Waals surface area contributed by atoms with Gasteiger partial charge in [0.15, 0.2) is 0 Å². The second-order valence-corrected chi connectivity index (χ2v) is 7.08. The molecule has 0 amide bonds. The largest absolute Gasteiger partial charge is 0.381 e. The van der Waals surface area contributed by atoms with Gasteiger partial charge in [0.25, 0.3) is 0 Å². The fourth-order valence-corrected chi connectivity index (χ4v) is 4.33. The monoisotopic (exact) mass is 229 g/mol. The van der Waals surface area contributed by atoms with Crippen LogP contribution < -0.4 is 5.73 Å². The van der Waals surface area contributed by atoms with E-state index in [1.54, 1.807) is 0 Å². The van der Waals surface area contributed by atoms with E-state index < -0.39 is 0 Å². The molecule has 2 nitrogen and oxygen atoms in total. The zero-order valence-corrected chi connectivity index (χ0v) is 10.7. The third kappa shape index (κ3) is 2.69. The highest BCUT2D eigenvalue weighted by Crippen LogP contribution is 2.44. The summed E-state index contributed by atoms with van der Waals surface area (Å²) < 4.78 is 5.39. The molecular weight excluding hydrogens is 206 g/mol. The van der Waals surface area contributed by atoms with Crippen molar-refractivity contribution in [2.24, 2.45) is 11.1 Å². The fourth-order valence-electron chi connectivity index (χ4n) is 2.58. The van der Waals surface area contributed by atoms with Gasteiger partial charge in [-0.3, -0.25) is 0 Å². The quantitative estimate of drug-likeness (QED) is 0.790. The van der Waals surface area contributed by atoms with Crippen LogP contribution in [-0.4, -0.2) is 29.8 Å². The van der Waals surface area contributed by atoms with E-state index in [1.165, 1.54) is 25.7 Å². The van der Waals surface area contributed by atoms with Gasteiger partial charge in [-0.2, -0.15) is 11.8 Å². The first-order valence-corrected chi connectivity index (χ1v) is 7.03. The lowest BCUT2D eigenvalue weighted by Gasteiger charge is -2.30. The van der Waals surface area contributed by atoms with Gasteiger partial charge in [0.1, 0.15) is 0 Å². The molecule has 1 saturated carbocycles. The van der Waals surface area contributed by atoms with Crippen LogP contribution in [-0.2, 0) is 4.74 Å². The molecule has 88 valence electrons. The van der Waals surface area contributed by atoms with Crippen LogP contribution in [0.15, 0.2) is 0 Å². The average molecular weight is 229 g/mol. The van der Waals surface area contributed by atoms with Crippen molar-refractivity contribution in [2.45, 2.75) is 56.1 Å². The highest BCUT2D eigenvalue weighted by molar-refractivity contribution is 8.00. The molecule has 0 bridgehead atoms. The molecular formula is C12H23NOS. The molecule has 0 radical (unpaired) electrons. The molecule has 1 heterocycles. The van der Waals surface area contributed by atoms with Crippen molar-refractivity contribution >= 4 is 11.8 Å². The van der Waals surface area contributed by atoms with Crippen molar-refractivity contribution in [3.8, 4) is 0 Å². The van der Waals surface area contributed by atoms with Crippen LogP contribution in [0.2, 0.25) is 0 Å². The SMILES string of the molecule is CC1(C)CCC(SC2CCOCC2)C1N. The van der Waals surface area contributed by atoms with Crippen LogP contribution in [0.1, 0.15) is 39.5 Å². The van der Waals surface area contributed by atoms with E-state index in [4.69, 9.17) is 10.5 Å². The Balaban J connectivity index is 1.84. The Bertz CT molecular complexity index is 214. The van der Waals surface area contributed by atoms with Crippen LogP contribution >= 0.6 is 11.8 Å². The summed E-state index contributed by atoms with van der Waals surface area (Å²) in [4.78, 5) is 0.